The molecule has 0 bridgehead atoms. The summed E-state index contributed by atoms with van der Waals surface area (Å²) in [7, 11) is 1.67. The zero-order chi connectivity index (χ0) is 25.4. The van der Waals surface area contributed by atoms with Gasteiger partial charge in [0.05, 0.1) is 13.2 Å². The van der Waals surface area contributed by atoms with Gasteiger partial charge >= 0.3 is 0 Å². The number of aromatic hydroxyl groups is 1. The first-order valence-electron chi connectivity index (χ1n) is 12.8. The summed E-state index contributed by atoms with van der Waals surface area (Å²) < 4.78 is 34.2. The van der Waals surface area contributed by atoms with Crippen molar-refractivity contribution in [2.45, 2.75) is 63.7 Å². The highest BCUT2D eigenvalue weighted by Gasteiger charge is 2.48. The lowest BCUT2D eigenvalue weighted by atomic mass is 9.80. The van der Waals surface area contributed by atoms with Crippen molar-refractivity contribution in [2.75, 3.05) is 26.8 Å². The maximum Gasteiger partial charge on any atom is 0.276 e. The lowest BCUT2D eigenvalue weighted by Gasteiger charge is -2.55. The van der Waals surface area contributed by atoms with Gasteiger partial charge < -0.3 is 19.3 Å². The van der Waals surface area contributed by atoms with E-state index < -0.39 is 22.8 Å². The first kappa shape index (κ1) is 24.9. The first-order valence-corrected chi connectivity index (χ1v) is 12.8. The van der Waals surface area contributed by atoms with Crippen LogP contribution < -0.4 is 5.43 Å². The molecule has 2 aliphatic heterocycles. The average molecular weight is 502 g/mol. The number of hydrogen-bond donors (Lipinski definition) is 1. The molecule has 2 fully saturated rings. The minimum atomic E-state index is -0.630. The van der Waals surface area contributed by atoms with Crippen molar-refractivity contribution in [1.82, 2.24) is 14.4 Å². The minimum absolute atomic E-state index is 0.0579. The molecule has 1 aliphatic carbocycles. The van der Waals surface area contributed by atoms with Crippen LogP contribution in [0.15, 0.2) is 29.2 Å². The van der Waals surface area contributed by atoms with Crippen molar-refractivity contribution in [3.8, 4) is 5.75 Å². The number of ether oxygens (including phenoxy) is 1. The molecule has 0 radical (unpaired) electrons. The summed E-state index contributed by atoms with van der Waals surface area (Å²) in [4.78, 5) is 31.0. The second kappa shape index (κ2) is 10.3. The van der Waals surface area contributed by atoms with Crippen LogP contribution >= 0.6 is 0 Å². The molecular formula is C27H33F2N3O4. The van der Waals surface area contributed by atoms with Crippen molar-refractivity contribution in [3.63, 3.8) is 0 Å². The molecule has 1 amide bonds. The summed E-state index contributed by atoms with van der Waals surface area (Å²) >= 11 is 0. The molecular weight excluding hydrogens is 468 g/mol. The second-order valence-corrected chi connectivity index (χ2v) is 10.2. The van der Waals surface area contributed by atoms with E-state index in [4.69, 9.17) is 4.74 Å². The van der Waals surface area contributed by atoms with E-state index in [2.05, 4.69) is 4.90 Å². The Morgan fingerprint density at radius 3 is 2.64 bits per heavy atom. The Hall–Kier alpha value is -2.78. The summed E-state index contributed by atoms with van der Waals surface area (Å²) in [5, 5.41) is 10.9. The van der Waals surface area contributed by atoms with Crippen LogP contribution in [0, 0.1) is 17.6 Å². The highest BCUT2D eigenvalue weighted by atomic mass is 19.1. The summed E-state index contributed by atoms with van der Waals surface area (Å²) in [5.74, 6) is -1.66. The van der Waals surface area contributed by atoms with Gasteiger partial charge in [0.1, 0.15) is 17.8 Å². The van der Waals surface area contributed by atoms with Gasteiger partial charge in [-0.15, -0.1) is 0 Å². The highest BCUT2D eigenvalue weighted by molar-refractivity contribution is 5.96. The number of pyridine rings is 1. The molecule has 194 valence electrons. The largest absolute Gasteiger partial charge is 0.503 e. The van der Waals surface area contributed by atoms with Crippen molar-refractivity contribution in [2.24, 2.45) is 5.92 Å². The van der Waals surface area contributed by atoms with Gasteiger partial charge in [0.25, 0.3) is 5.91 Å². The van der Waals surface area contributed by atoms with Gasteiger partial charge in [0, 0.05) is 44.1 Å². The fourth-order valence-electron chi connectivity index (χ4n) is 6.27. The number of benzene rings is 1. The zero-order valence-electron chi connectivity index (χ0n) is 20.6. The van der Waals surface area contributed by atoms with Crippen LogP contribution in [0.1, 0.15) is 53.7 Å². The number of rotatable bonds is 7. The number of carbonyl (C=O) groups is 1. The van der Waals surface area contributed by atoms with E-state index >= 15 is 0 Å². The topological polar surface area (TPSA) is 75.0 Å². The number of aryl methyl sites for hydroxylation is 2. The van der Waals surface area contributed by atoms with E-state index in [1.807, 2.05) is 4.90 Å². The summed E-state index contributed by atoms with van der Waals surface area (Å²) in [5.41, 5.74) is 0.265. The molecule has 36 heavy (non-hydrogen) atoms. The molecule has 5 rings (SSSR count). The van der Waals surface area contributed by atoms with Crippen LogP contribution in [0.2, 0.25) is 0 Å². The summed E-state index contributed by atoms with van der Waals surface area (Å²) in [6, 6.07) is 3.59. The van der Waals surface area contributed by atoms with Crippen molar-refractivity contribution >= 4 is 5.91 Å². The Morgan fingerprint density at radius 1 is 1.08 bits per heavy atom. The zero-order valence-corrected chi connectivity index (χ0v) is 20.6. The molecule has 7 nitrogen and oxygen atoms in total. The number of amides is 1. The van der Waals surface area contributed by atoms with E-state index in [1.54, 1.807) is 17.9 Å². The van der Waals surface area contributed by atoms with Crippen molar-refractivity contribution in [3.05, 3.63) is 63.1 Å². The molecule has 3 heterocycles. The Labute approximate surface area is 209 Å². The summed E-state index contributed by atoms with van der Waals surface area (Å²) in [6.07, 6.45) is 6.83. The number of nitrogens with zero attached hydrogens (tertiary/aromatic N) is 3. The van der Waals surface area contributed by atoms with E-state index in [1.165, 1.54) is 12.1 Å². The number of aromatic nitrogens is 1. The molecule has 1 saturated carbocycles. The van der Waals surface area contributed by atoms with Gasteiger partial charge in [-0.25, -0.2) is 8.78 Å². The van der Waals surface area contributed by atoms with Crippen LogP contribution in [-0.2, 0) is 24.1 Å². The van der Waals surface area contributed by atoms with Crippen LogP contribution in [0.3, 0.4) is 0 Å². The number of carbonyl (C=O) groups excluding carboxylic acids is 1. The Morgan fingerprint density at radius 2 is 1.86 bits per heavy atom. The Balaban J connectivity index is 1.41. The van der Waals surface area contributed by atoms with Crippen molar-refractivity contribution in [1.29, 1.82) is 0 Å². The van der Waals surface area contributed by atoms with Gasteiger partial charge in [-0.2, -0.15) is 0 Å². The maximum absolute atomic E-state index is 14.0. The molecule has 1 N–H and O–H groups in total. The number of methoxy groups -OCH3 is 1. The maximum atomic E-state index is 14.0. The number of hydrogen-bond acceptors (Lipinski definition) is 5. The molecule has 1 saturated heterocycles. The first-order chi connectivity index (χ1) is 17.4. The van der Waals surface area contributed by atoms with E-state index in [0.29, 0.717) is 56.0 Å². The fraction of sp³-hybridized carbons (Fsp3) is 0.556. The molecule has 1 aromatic heterocycles. The monoisotopic (exact) mass is 501 g/mol. The third-order valence-electron chi connectivity index (χ3n) is 8.05. The predicted molar refractivity (Wildman–Crippen MR) is 130 cm³/mol. The van der Waals surface area contributed by atoms with Crippen molar-refractivity contribution < 1.29 is 23.4 Å². The van der Waals surface area contributed by atoms with Gasteiger partial charge in [-0.1, -0.05) is 18.9 Å². The summed E-state index contributed by atoms with van der Waals surface area (Å²) in [6.45, 7) is 2.62. The van der Waals surface area contributed by atoms with Gasteiger partial charge in [0.15, 0.2) is 11.4 Å². The van der Waals surface area contributed by atoms with Gasteiger partial charge in [0.2, 0.25) is 5.43 Å². The third-order valence-corrected chi connectivity index (χ3v) is 8.05. The normalized spacial score (nSPS) is 23.8. The minimum Gasteiger partial charge on any atom is -0.503 e. The van der Waals surface area contributed by atoms with E-state index in [0.717, 1.165) is 38.3 Å². The molecule has 9 heteroatoms. The molecule has 3 atom stereocenters. The molecule has 3 aliphatic rings. The molecule has 1 aromatic carbocycles. The van der Waals surface area contributed by atoms with Crippen LogP contribution in [0.4, 0.5) is 8.78 Å². The SMILES string of the molecule is COCCN1C[C@@H]2CCCC[C@@H]2N2C(=O)c3c(O)c(=O)c(CCCc4ccc(F)cc4F)cn3C[C@@H]12. The van der Waals surface area contributed by atoms with Gasteiger partial charge in [-0.3, -0.25) is 14.5 Å². The Bertz CT molecular complexity index is 1200. The lowest BCUT2D eigenvalue weighted by Crippen LogP contribution is -2.68. The predicted octanol–water partition coefficient (Wildman–Crippen LogP) is 3.31. The number of fused-ring (bicyclic) bond motifs is 4. The van der Waals surface area contributed by atoms with E-state index in [9.17, 15) is 23.5 Å². The fourth-order valence-corrected chi connectivity index (χ4v) is 6.27. The molecule has 2 aromatic rings. The Kier molecular flexibility index (Phi) is 7.12. The van der Waals surface area contributed by atoms with Crippen LogP contribution in [0.25, 0.3) is 0 Å². The standard InChI is InChI=1S/C27H33F2N3O4/c1-36-12-11-30-14-18-5-2-3-8-22(18)32-23(30)16-31-15-19(25(33)26(34)24(31)27(32)35)7-4-6-17-9-10-20(28)13-21(17)29/h9-10,13,15,18,22-23,34H,2-8,11-12,14,16H2,1H3/t18-,22-,23-/m0/s1. The van der Waals surface area contributed by atoms with Gasteiger partial charge in [-0.05, 0) is 49.7 Å². The lowest BCUT2D eigenvalue weighted by molar-refractivity contribution is -0.0788. The number of halogens is 2. The second-order valence-electron chi connectivity index (χ2n) is 10.2. The quantitative estimate of drug-likeness (QED) is 0.630. The third kappa shape index (κ3) is 4.54. The highest BCUT2D eigenvalue weighted by Crippen LogP contribution is 2.39. The van der Waals surface area contributed by atoms with E-state index in [-0.39, 0.29) is 23.8 Å². The smallest absolute Gasteiger partial charge is 0.276 e. The average Bonchev–Trinajstić information content (AvgIpc) is 2.86. The van der Waals surface area contributed by atoms with Crippen LogP contribution in [-0.4, -0.2) is 64.4 Å². The van der Waals surface area contributed by atoms with Crippen LogP contribution in [0.5, 0.6) is 5.75 Å². The molecule has 0 unspecified atom stereocenters. The molecule has 0 spiro atoms.